The molecule has 0 bridgehead atoms. The van der Waals surface area contributed by atoms with Crippen LogP contribution in [0.2, 0.25) is 0 Å². The van der Waals surface area contributed by atoms with E-state index >= 15 is 0 Å². The Morgan fingerprint density at radius 2 is 2.05 bits per heavy atom. The van der Waals surface area contributed by atoms with E-state index in [2.05, 4.69) is 10.3 Å². The van der Waals surface area contributed by atoms with E-state index in [0.29, 0.717) is 6.04 Å². The van der Waals surface area contributed by atoms with Crippen LogP contribution in [-0.2, 0) is 4.79 Å². The van der Waals surface area contributed by atoms with Gasteiger partial charge in [-0.05, 0) is 43.5 Å². The Morgan fingerprint density at radius 3 is 2.90 bits per heavy atom. The average molecular weight is 267 g/mol. The number of hydrogen-bond donors (Lipinski definition) is 1. The second kappa shape index (κ2) is 4.56. The van der Waals surface area contributed by atoms with Crippen LogP contribution >= 0.6 is 0 Å². The third-order valence-corrected chi connectivity index (χ3v) is 4.13. The van der Waals surface area contributed by atoms with E-state index in [1.165, 1.54) is 12.8 Å². The van der Waals surface area contributed by atoms with E-state index in [-0.39, 0.29) is 11.9 Å². The molecule has 1 amide bonds. The van der Waals surface area contributed by atoms with Crippen LogP contribution in [0.3, 0.4) is 0 Å². The Hall–Kier alpha value is -1.94. The van der Waals surface area contributed by atoms with Crippen molar-refractivity contribution in [2.45, 2.75) is 31.3 Å². The molecule has 2 fully saturated rings. The van der Waals surface area contributed by atoms with Gasteiger partial charge in [-0.1, -0.05) is 6.07 Å². The SMILES string of the molecule is O=C1C(NC2CC2)CCN1c1cccc2ncccc12. The molecule has 2 aliphatic rings. The topological polar surface area (TPSA) is 45.2 Å². The number of aromatic nitrogens is 1. The second-order valence-electron chi connectivity index (χ2n) is 5.62. The standard InChI is InChI=1S/C16H17N3O/c20-16-14(18-11-6-7-11)8-10-19(16)15-5-1-4-13-12(15)3-2-9-17-13/h1-5,9,11,14,18H,6-8,10H2. The summed E-state index contributed by atoms with van der Waals surface area (Å²) < 4.78 is 0. The second-order valence-corrected chi connectivity index (χ2v) is 5.62. The minimum Gasteiger partial charge on any atom is -0.310 e. The van der Waals surface area contributed by atoms with Crippen LogP contribution in [0.4, 0.5) is 5.69 Å². The van der Waals surface area contributed by atoms with Crippen LogP contribution in [0, 0.1) is 0 Å². The number of nitrogens with one attached hydrogen (secondary N) is 1. The lowest BCUT2D eigenvalue weighted by atomic mass is 10.1. The van der Waals surface area contributed by atoms with E-state index in [4.69, 9.17) is 0 Å². The smallest absolute Gasteiger partial charge is 0.244 e. The van der Waals surface area contributed by atoms with E-state index in [9.17, 15) is 4.79 Å². The van der Waals surface area contributed by atoms with Crippen molar-refractivity contribution in [2.24, 2.45) is 0 Å². The van der Waals surface area contributed by atoms with Crippen LogP contribution in [0.25, 0.3) is 10.9 Å². The minimum absolute atomic E-state index is 0.00516. The lowest BCUT2D eigenvalue weighted by Gasteiger charge is -2.19. The molecule has 2 aromatic rings. The van der Waals surface area contributed by atoms with E-state index in [1.54, 1.807) is 6.20 Å². The number of hydrogen-bond acceptors (Lipinski definition) is 3. The lowest BCUT2D eigenvalue weighted by Crippen LogP contribution is -2.39. The highest BCUT2D eigenvalue weighted by molar-refractivity contribution is 6.06. The largest absolute Gasteiger partial charge is 0.310 e. The Morgan fingerprint density at radius 1 is 1.15 bits per heavy atom. The van der Waals surface area contributed by atoms with Gasteiger partial charge in [0.2, 0.25) is 5.91 Å². The Labute approximate surface area is 117 Å². The predicted octanol–water partition coefficient (Wildman–Crippen LogP) is 2.09. The fourth-order valence-electron chi connectivity index (χ4n) is 2.93. The molecule has 1 aromatic carbocycles. The number of fused-ring (bicyclic) bond motifs is 1. The first-order valence-corrected chi connectivity index (χ1v) is 7.24. The number of nitrogens with zero attached hydrogens (tertiary/aromatic N) is 2. The quantitative estimate of drug-likeness (QED) is 0.926. The lowest BCUT2D eigenvalue weighted by molar-refractivity contribution is -0.118. The molecule has 1 saturated heterocycles. The van der Waals surface area contributed by atoms with Crippen molar-refractivity contribution >= 4 is 22.5 Å². The van der Waals surface area contributed by atoms with Crippen LogP contribution in [0.1, 0.15) is 19.3 Å². The first-order valence-electron chi connectivity index (χ1n) is 7.24. The van der Waals surface area contributed by atoms with Crippen LogP contribution in [0.15, 0.2) is 36.5 Å². The minimum atomic E-state index is -0.00516. The van der Waals surface area contributed by atoms with Crippen LogP contribution in [-0.4, -0.2) is 29.5 Å². The van der Waals surface area contributed by atoms with E-state index in [1.807, 2.05) is 35.2 Å². The summed E-state index contributed by atoms with van der Waals surface area (Å²) in [5, 5.41) is 4.49. The molecule has 1 unspecified atom stereocenters. The number of benzene rings is 1. The maximum absolute atomic E-state index is 12.6. The Bertz CT molecular complexity index is 660. The molecule has 1 aromatic heterocycles. The van der Waals surface area contributed by atoms with Gasteiger partial charge in [0.05, 0.1) is 17.2 Å². The van der Waals surface area contributed by atoms with Gasteiger partial charge in [-0.15, -0.1) is 0 Å². The molecule has 2 heterocycles. The number of carbonyl (C=O) groups is 1. The van der Waals surface area contributed by atoms with Gasteiger partial charge in [0.15, 0.2) is 0 Å². The molecule has 1 aliphatic carbocycles. The van der Waals surface area contributed by atoms with E-state index in [0.717, 1.165) is 29.6 Å². The van der Waals surface area contributed by atoms with Crippen LogP contribution < -0.4 is 10.2 Å². The van der Waals surface area contributed by atoms with Gasteiger partial charge >= 0.3 is 0 Å². The summed E-state index contributed by atoms with van der Waals surface area (Å²) in [6.07, 6.45) is 5.10. The molecule has 4 heteroatoms. The number of carbonyl (C=O) groups excluding carboxylic acids is 1. The summed E-state index contributed by atoms with van der Waals surface area (Å²) in [6.45, 7) is 0.789. The summed E-state index contributed by atoms with van der Waals surface area (Å²) in [5.74, 6) is 0.202. The van der Waals surface area contributed by atoms with Gasteiger partial charge in [-0.3, -0.25) is 9.78 Å². The van der Waals surface area contributed by atoms with E-state index < -0.39 is 0 Å². The summed E-state index contributed by atoms with van der Waals surface area (Å²) in [7, 11) is 0. The molecule has 4 rings (SSSR count). The molecule has 1 N–H and O–H groups in total. The maximum Gasteiger partial charge on any atom is 0.244 e. The highest BCUT2D eigenvalue weighted by atomic mass is 16.2. The molecular weight excluding hydrogens is 250 g/mol. The van der Waals surface area contributed by atoms with Gasteiger partial charge in [-0.25, -0.2) is 0 Å². The highest BCUT2D eigenvalue weighted by Crippen LogP contribution is 2.30. The highest BCUT2D eigenvalue weighted by Gasteiger charge is 2.36. The number of pyridine rings is 1. The summed E-state index contributed by atoms with van der Waals surface area (Å²) >= 11 is 0. The zero-order chi connectivity index (χ0) is 13.5. The third kappa shape index (κ3) is 1.96. The summed E-state index contributed by atoms with van der Waals surface area (Å²) in [6, 6.07) is 10.5. The van der Waals surface area contributed by atoms with Gasteiger partial charge in [-0.2, -0.15) is 0 Å². The number of rotatable bonds is 3. The van der Waals surface area contributed by atoms with Crippen molar-refractivity contribution < 1.29 is 4.79 Å². The molecule has 102 valence electrons. The summed E-state index contributed by atoms with van der Waals surface area (Å²) in [4.78, 5) is 18.8. The molecule has 1 aliphatic heterocycles. The zero-order valence-electron chi connectivity index (χ0n) is 11.2. The average Bonchev–Trinajstić information content (AvgIpc) is 3.23. The van der Waals surface area contributed by atoms with Crippen LogP contribution in [0.5, 0.6) is 0 Å². The number of amides is 1. The fourth-order valence-corrected chi connectivity index (χ4v) is 2.93. The molecule has 1 saturated carbocycles. The maximum atomic E-state index is 12.6. The predicted molar refractivity (Wildman–Crippen MR) is 78.7 cm³/mol. The van der Waals surface area contributed by atoms with Gasteiger partial charge in [0.25, 0.3) is 0 Å². The summed E-state index contributed by atoms with van der Waals surface area (Å²) in [5.41, 5.74) is 1.93. The van der Waals surface area contributed by atoms with Gasteiger partial charge in [0, 0.05) is 24.2 Å². The Balaban J connectivity index is 1.67. The molecule has 0 spiro atoms. The molecular formula is C16H17N3O. The van der Waals surface area contributed by atoms with Crippen molar-refractivity contribution in [3.05, 3.63) is 36.5 Å². The van der Waals surface area contributed by atoms with Gasteiger partial charge in [0.1, 0.15) is 0 Å². The normalized spacial score (nSPS) is 22.7. The third-order valence-electron chi connectivity index (χ3n) is 4.13. The first-order chi connectivity index (χ1) is 9.83. The zero-order valence-corrected chi connectivity index (χ0v) is 11.2. The Kier molecular flexibility index (Phi) is 2.70. The fraction of sp³-hybridized carbons (Fsp3) is 0.375. The van der Waals surface area contributed by atoms with Crippen molar-refractivity contribution in [3.8, 4) is 0 Å². The molecule has 0 radical (unpaired) electrons. The van der Waals surface area contributed by atoms with Crippen molar-refractivity contribution in [3.63, 3.8) is 0 Å². The first kappa shape index (κ1) is 11.9. The van der Waals surface area contributed by atoms with Crippen molar-refractivity contribution in [2.75, 3.05) is 11.4 Å². The molecule has 1 atom stereocenters. The molecule has 4 nitrogen and oxygen atoms in total. The van der Waals surface area contributed by atoms with Crippen molar-refractivity contribution in [1.29, 1.82) is 0 Å². The monoisotopic (exact) mass is 267 g/mol. The van der Waals surface area contributed by atoms with Gasteiger partial charge < -0.3 is 10.2 Å². The van der Waals surface area contributed by atoms with Crippen molar-refractivity contribution in [1.82, 2.24) is 10.3 Å². The molecule has 20 heavy (non-hydrogen) atoms. The number of anilines is 1.